The van der Waals surface area contributed by atoms with Gasteiger partial charge in [-0.05, 0) is 29.8 Å². The molecule has 0 saturated carbocycles. The minimum absolute atomic E-state index is 0.0462. The third kappa shape index (κ3) is 3.60. The van der Waals surface area contributed by atoms with Crippen molar-refractivity contribution in [1.29, 1.82) is 0 Å². The van der Waals surface area contributed by atoms with Gasteiger partial charge in [0.25, 0.3) is 0 Å². The van der Waals surface area contributed by atoms with Gasteiger partial charge in [0.2, 0.25) is 11.8 Å². The van der Waals surface area contributed by atoms with E-state index in [4.69, 9.17) is 4.74 Å². The van der Waals surface area contributed by atoms with Gasteiger partial charge in [-0.2, -0.15) is 0 Å². The van der Waals surface area contributed by atoms with E-state index in [0.29, 0.717) is 25.1 Å². The van der Waals surface area contributed by atoms with Crippen LogP contribution in [0.25, 0.3) is 0 Å². The largest absolute Gasteiger partial charge is 0.496 e. The van der Waals surface area contributed by atoms with E-state index < -0.39 is 6.04 Å². The van der Waals surface area contributed by atoms with E-state index >= 15 is 0 Å². The monoisotopic (exact) mass is 416 g/mol. The maximum atomic E-state index is 12.8. The van der Waals surface area contributed by atoms with Crippen molar-refractivity contribution in [2.45, 2.75) is 32.4 Å². The normalized spacial score (nSPS) is 15.5. The highest BCUT2D eigenvalue weighted by molar-refractivity contribution is 9.10. The summed E-state index contributed by atoms with van der Waals surface area (Å²) in [7, 11) is 1.60. The number of rotatable bonds is 5. The average molecular weight is 417 g/mol. The van der Waals surface area contributed by atoms with Crippen LogP contribution in [0.2, 0.25) is 0 Å². The Bertz CT molecular complexity index is 838. The molecule has 2 aromatic rings. The maximum Gasteiger partial charge on any atom is 0.243 e. The minimum Gasteiger partial charge on any atom is -0.496 e. The van der Waals surface area contributed by atoms with E-state index in [0.717, 1.165) is 21.3 Å². The van der Waals surface area contributed by atoms with Crippen LogP contribution in [0.5, 0.6) is 5.75 Å². The molecule has 0 spiro atoms. The molecule has 0 bridgehead atoms. The van der Waals surface area contributed by atoms with Gasteiger partial charge in [0, 0.05) is 35.1 Å². The Morgan fingerprint density at radius 1 is 1.27 bits per heavy atom. The van der Waals surface area contributed by atoms with Crippen molar-refractivity contribution in [3.05, 3.63) is 58.1 Å². The second kappa shape index (κ2) is 7.91. The quantitative estimate of drug-likeness (QED) is 0.811. The number of fused-ring (bicyclic) bond motifs is 1. The predicted molar refractivity (Wildman–Crippen MR) is 104 cm³/mol. The molecule has 0 aromatic heterocycles. The molecule has 5 nitrogen and oxygen atoms in total. The van der Waals surface area contributed by atoms with Crippen LogP contribution in [0.15, 0.2) is 46.9 Å². The number of methoxy groups -OCH3 is 1. The first-order chi connectivity index (χ1) is 12.5. The van der Waals surface area contributed by atoms with Crippen molar-refractivity contribution in [2.24, 2.45) is 0 Å². The molecule has 6 heteroatoms. The van der Waals surface area contributed by atoms with Crippen molar-refractivity contribution in [3.63, 3.8) is 0 Å². The number of para-hydroxylation sites is 1. The Morgan fingerprint density at radius 2 is 2.04 bits per heavy atom. The van der Waals surface area contributed by atoms with Crippen molar-refractivity contribution < 1.29 is 14.3 Å². The van der Waals surface area contributed by atoms with Crippen LogP contribution in [-0.2, 0) is 22.6 Å². The van der Waals surface area contributed by atoms with Crippen molar-refractivity contribution in [2.75, 3.05) is 12.0 Å². The van der Waals surface area contributed by atoms with Gasteiger partial charge in [0.05, 0.1) is 7.11 Å². The first-order valence-electron chi connectivity index (χ1n) is 8.55. The van der Waals surface area contributed by atoms with Crippen LogP contribution < -0.4 is 15.0 Å². The van der Waals surface area contributed by atoms with Crippen LogP contribution in [0, 0.1) is 0 Å². The van der Waals surface area contributed by atoms with Gasteiger partial charge in [0.1, 0.15) is 11.8 Å². The molecule has 1 N–H and O–H groups in total. The molecule has 1 heterocycles. The van der Waals surface area contributed by atoms with Gasteiger partial charge in [0.15, 0.2) is 0 Å². The van der Waals surface area contributed by atoms with Gasteiger partial charge < -0.3 is 10.1 Å². The van der Waals surface area contributed by atoms with Crippen LogP contribution in [0.3, 0.4) is 0 Å². The standard InChI is InChI=1S/C20H21BrN2O3/c1-3-19(24)23-16-7-5-4-6-13(16)11-17(23)20(25)22-12-14-10-15(21)8-9-18(14)26-2/h4-10,17H,3,11-12H2,1-2H3,(H,22,25)/t17-/m0/s1. The lowest BCUT2D eigenvalue weighted by Crippen LogP contribution is -2.47. The number of anilines is 1. The zero-order chi connectivity index (χ0) is 18.7. The topological polar surface area (TPSA) is 58.6 Å². The highest BCUT2D eigenvalue weighted by Crippen LogP contribution is 2.32. The van der Waals surface area contributed by atoms with Crippen LogP contribution in [0.1, 0.15) is 24.5 Å². The fourth-order valence-electron chi connectivity index (χ4n) is 3.26. The summed E-state index contributed by atoms with van der Waals surface area (Å²) in [5.41, 5.74) is 2.73. The summed E-state index contributed by atoms with van der Waals surface area (Å²) in [5, 5.41) is 2.95. The van der Waals surface area contributed by atoms with E-state index in [2.05, 4.69) is 21.2 Å². The number of hydrogen-bond acceptors (Lipinski definition) is 3. The Kier molecular flexibility index (Phi) is 5.61. The van der Waals surface area contributed by atoms with Crippen molar-refractivity contribution in [3.8, 4) is 5.75 Å². The maximum absolute atomic E-state index is 12.8. The number of ether oxygens (including phenoxy) is 1. The molecule has 0 fully saturated rings. The number of halogens is 1. The van der Waals surface area contributed by atoms with Gasteiger partial charge in [-0.15, -0.1) is 0 Å². The van der Waals surface area contributed by atoms with Gasteiger partial charge in [-0.1, -0.05) is 41.1 Å². The Hall–Kier alpha value is -2.34. The molecule has 0 aliphatic carbocycles. The molecule has 0 saturated heterocycles. The Balaban J connectivity index is 1.77. The van der Waals surface area contributed by atoms with Gasteiger partial charge in [-0.3, -0.25) is 14.5 Å². The summed E-state index contributed by atoms with van der Waals surface area (Å²) in [6, 6.07) is 12.8. The highest BCUT2D eigenvalue weighted by atomic mass is 79.9. The summed E-state index contributed by atoms with van der Waals surface area (Å²) in [5.74, 6) is 0.505. The minimum atomic E-state index is -0.516. The lowest BCUT2D eigenvalue weighted by Gasteiger charge is -2.24. The summed E-state index contributed by atoms with van der Waals surface area (Å²) in [6.45, 7) is 2.15. The van der Waals surface area contributed by atoms with E-state index in [1.165, 1.54) is 0 Å². The summed E-state index contributed by atoms with van der Waals surface area (Å²) < 4.78 is 6.26. The summed E-state index contributed by atoms with van der Waals surface area (Å²) in [6.07, 6.45) is 0.890. The van der Waals surface area contributed by atoms with Crippen LogP contribution in [-0.4, -0.2) is 25.0 Å². The number of amides is 2. The number of nitrogens with one attached hydrogen (secondary N) is 1. The molecule has 2 amide bonds. The second-order valence-electron chi connectivity index (χ2n) is 6.14. The first kappa shape index (κ1) is 18.5. The molecular weight excluding hydrogens is 396 g/mol. The average Bonchev–Trinajstić information content (AvgIpc) is 3.05. The lowest BCUT2D eigenvalue weighted by molar-refractivity contribution is -0.126. The van der Waals surface area contributed by atoms with Gasteiger partial charge in [-0.25, -0.2) is 0 Å². The number of benzene rings is 2. The molecule has 0 unspecified atom stereocenters. The van der Waals surface area contributed by atoms with Crippen molar-refractivity contribution >= 4 is 33.4 Å². The molecule has 2 aromatic carbocycles. The molecule has 1 aliphatic rings. The predicted octanol–water partition coefficient (Wildman–Crippen LogP) is 3.44. The molecule has 1 aliphatic heterocycles. The smallest absolute Gasteiger partial charge is 0.243 e. The summed E-state index contributed by atoms with van der Waals surface area (Å²) >= 11 is 3.44. The SMILES string of the molecule is CCC(=O)N1c2ccccc2C[C@H]1C(=O)NCc1cc(Br)ccc1OC. The third-order valence-corrected chi connectivity index (χ3v) is 5.04. The van der Waals surface area contributed by atoms with E-state index in [9.17, 15) is 9.59 Å². The van der Waals surface area contributed by atoms with Crippen LogP contribution in [0.4, 0.5) is 5.69 Å². The van der Waals surface area contributed by atoms with Gasteiger partial charge >= 0.3 is 0 Å². The van der Waals surface area contributed by atoms with Crippen LogP contribution >= 0.6 is 15.9 Å². The highest BCUT2D eigenvalue weighted by Gasteiger charge is 2.37. The Morgan fingerprint density at radius 3 is 2.77 bits per heavy atom. The number of nitrogens with zero attached hydrogens (tertiary/aromatic N) is 1. The molecule has 26 heavy (non-hydrogen) atoms. The molecule has 3 rings (SSSR count). The Labute approximate surface area is 161 Å². The first-order valence-corrected chi connectivity index (χ1v) is 9.34. The number of carbonyl (C=O) groups is 2. The zero-order valence-electron chi connectivity index (χ0n) is 14.8. The molecule has 0 radical (unpaired) electrons. The number of hydrogen-bond donors (Lipinski definition) is 1. The molecular formula is C20H21BrN2O3. The van der Waals surface area contributed by atoms with E-state index in [1.54, 1.807) is 12.0 Å². The second-order valence-corrected chi connectivity index (χ2v) is 7.06. The lowest BCUT2D eigenvalue weighted by atomic mass is 10.1. The number of carbonyl (C=O) groups excluding carboxylic acids is 2. The molecule has 1 atom stereocenters. The fourth-order valence-corrected chi connectivity index (χ4v) is 3.67. The summed E-state index contributed by atoms with van der Waals surface area (Å²) in [4.78, 5) is 26.9. The molecule has 136 valence electrons. The zero-order valence-corrected chi connectivity index (χ0v) is 16.4. The van der Waals surface area contributed by atoms with E-state index in [-0.39, 0.29) is 11.8 Å². The van der Waals surface area contributed by atoms with Crippen molar-refractivity contribution in [1.82, 2.24) is 5.32 Å². The fraction of sp³-hybridized carbons (Fsp3) is 0.300. The van der Waals surface area contributed by atoms with E-state index in [1.807, 2.05) is 49.4 Å². The third-order valence-electron chi connectivity index (χ3n) is 4.55.